The predicted octanol–water partition coefficient (Wildman–Crippen LogP) is 0.175. The van der Waals surface area contributed by atoms with E-state index in [0.717, 1.165) is 18.0 Å². The molecule has 0 spiro atoms. The third kappa shape index (κ3) is 0.689. The fourth-order valence-corrected chi connectivity index (χ4v) is 1.08. The third-order valence-corrected chi connectivity index (χ3v) is 1.57. The molecular weight excluding hydrogens is 126 g/mol. The lowest BCUT2D eigenvalue weighted by molar-refractivity contribution is -0.118. The van der Waals surface area contributed by atoms with Crippen LogP contribution >= 0.6 is 0 Å². The van der Waals surface area contributed by atoms with E-state index in [1.54, 1.807) is 0 Å². The first-order chi connectivity index (χ1) is 4.86. The van der Waals surface area contributed by atoms with Crippen molar-refractivity contribution in [2.75, 3.05) is 0 Å². The molecule has 1 amide bonds. The van der Waals surface area contributed by atoms with Crippen LogP contribution in [0.5, 0.6) is 0 Å². The zero-order valence-electron chi connectivity index (χ0n) is 5.32. The van der Waals surface area contributed by atoms with Crippen LogP contribution in [0.25, 0.3) is 0 Å². The van der Waals surface area contributed by atoms with E-state index in [1.165, 1.54) is 0 Å². The monoisotopic (exact) mass is 131 g/mol. The van der Waals surface area contributed by atoms with Gasteiger partial charge in [-0.15, -0.1) is 0 Å². The van der Waals surface area contributed by atoms with Gasteiger partial charge in [-0.05, 0) is 0 Å². The summed E-state index contributed by atoms with van der Waals surface area (Å²) in [6.45, 7) is 0. The van der Waals surface area contributed by atoms with E-state index in [9.17, 15) is 4.79 Å². The summed E-state index contributed by atoms with van der Waals surface area (Å²) in [6.07, 6.45) is 4.03. The minimum Gasteiger partial charge on any atom is -0.304 e. The molecule has 10 heavy (non-hydrogen) atoms. The van der Waals surface area contributed by atoms with Crippen molar-refractivity contribution in [1.82, 2.24) is 5.32 Å². The molecular formula is C8H5NO+. The molecule has 0 unspecified atom stereocenters. The number of carbonyl (C=O) groups excluding carboxylic acids is 1. The van der Waals surface area contributed by atoms with Crippen LogP contribution in [0.1, 0.15) is 12.8 Å². The number of rotatable bonds is 0. The van der Waals surface area contributed by atoms with Crippen molar-refractivity contribution in [1.29, 1.82) is 0 Å². The van der Waals surface area contributed by atoms with Gasteiger partial charge < -0.3 is 5.32 Å². The van der Waals surface area contributed by atoms with Gasteiger partial charge >= 0.3 is 0 Å². The van der Waals surface area contributed by atoms with Crippen molar-refractivity contribution in [3.63, 3.8) is 0 Å². The maximum absolute atomic E-state index is 10.8. The predicted molar refractivity (Wildman–Crippen MR) is 35.2 cm³/mol. The Hall–Kier alpha value is -1.32. The van der Waals surface area contributed by atoms with Gasteiger partial charge in [-0.2, -0.15) is 0 Å². The number of amides is 1. The van der Waals surface area contributed by atoms with Crippen molar-refractivity contribution < 1.29 is 4.79 Å². The van der Waals surface area contributed by atoms with E-state index >= 15 is 0 Å². The number of nitrogens with one attached hydrogen (secondary N) is 1. The molecule has 2 aliphatic rings. The summed E-state index contributed by atoms with van der Waals surface area (Å²) in [5.41, 5.74) is 0.809. The normalized spacial score (nSPS) is 21.6. The Morgan fingerprint density at radius 2 is 2.50 bits per heavy atom. The zero-order chi connectivity index (χ0) is 6.97. The molecule has 0 aromatic rings. The largest absolute Gasteiger partial charge is 0.304 e. The highest BCUT2D eigenvalue weighted by molar-refractivity contribution is 5.85. The lowest BCUT2D eigenvalue weighted by atomic mass is 9.99. The Kier molecular flexibility index (Phi) is 1.00. The summed E-state index contributed by atoms with van der Waals surface area (Å²) in [5, 5.41) is 2.68. The summed E-state index contributed by atoms with van der Waals surface area (Å²) < 4.78 is 0. The highest BCUT2D eigenvalue weighted by Crippen LogP contribution is 2.26. The SMILES string of the molecule is O=C1C[C]2CC#C[C+]=C2N1. The smallest absolute Gasteiger partial charge is 0.227 e. The maximum atomic E-state index is 10.8. The molecule has 0 aromatic carbocycles. The van der Waals surface area contributed by atoms with Crippen LogP contribution in [-0.2, 0) is 4.79 Å². The van der Waals surface area contributed by atoms with E-state index in [1.807, 2.05) is 0 Å². The third-order valence-electron chi connectivity index (χ3n) is 1.57. The summed E-state index contributed by atoms with van der Waals surface area (Å²) in [7, 11) is 0. The second-order valence-corrected chi connectivity index (χ2v) is 2.31. The Morgan fingerprint density at radius 3 is 3.30 bits per heavy atom. The van der Waals surface area contributed by atoms with Gasteiger partial charge in [0.25, 0.3) is 0 Å². The summed E-state index contributed by atoms with van der Waals surface area (Å²) in [6, 6.07) is 0. The first-order valence-corrected chi connectivity index (χ1v) is 3.12. The molecule has 1 fully saturated rings. The van der Waals surface area contributed by atoms with Crippen LogP contribution in [0, 0.1) is 23.8 Å². The Morgan fingerprint density at radius 1 is 1.60 bits per heavy atom. The van der Waals surface area contributed by atoms with Crippen molar-refractivity contribution in [3.05, 3.63) is 17.7 Å². The lowest BCUT2D eigenvalue weighted by Gasteiger charge is -1.95. The van der Waals surface area contributed by atoms with Crippen LogP contribution in [0.2, 0.25) is 0 Å². The lowest BCUT2D eigenvalue weighted by Crippen LogP contribution is -2.12. The minimum absolute atomic E-state index is 0.0583. The molecule has 1 saturated heterocycles. The first kappa shape index (κ1) is 5.46. The molecule has 2 nitrogen and oxygen atoms in total. The summed E-state index contributed by atoms with van der Waals surface area (Å²) >= 11 is 0. The summed E-state index contributed by atoms with van der Waals surface area (Å²) in [5.74, 6) is 6.71. The van der Waals surface area contributed by atoms with Crippen molar-refractivity contribution in [2.24, 2.45) is 0 Å². The van der Waals surface area contributed by atoms with Crippen LogP contribution in [0.15, 0.2) is 5.70 Å². The van der Waals surface area contributed by atoms with Crippen molar-refractivity contribution >= 4 is 5.91 Å². The Bertz CT molecular complexity index is 267. The maximum Gasteiger partial charge on any atom is 0.227 e. The molecule has 2 rings (SSSR count). The number of carbonyl (C=O) groups is 1. The average molecular weight is 131 g/mol. The fraction of sp³-hybridized carbons (Fsp3) is 0.250. The molecule has 1 N–H and O–H groups in total. The molecule has 0 atom stereocenters. The Balaban J connectivity index is 2.29. The number of fused-ring (bicyclic) bond motifs is 1. The van der Waals surface area contributed by atoms with Gasteiger partial charge in [0, 0.05) is 6.42 Å². The van der Waals surface area contributed by atoms with E-state index in [4.69, 9.17) is 0 Å². The van der Waals surface area contributed by atoms with Gasteiger partial charge in [0.1, 0.15) is 12.3 Å². The molecule has 1 aliphatic carbocycles. The Labute approximate surface area is 59.3 Å². The topological polar surface area (TPSA) is 29.1 Å². The highest BCUT2D eigenvalue weighted by atomic mass is 16.1. The van der Waals surface area contributed by atoms with Gasteiger partial charge in [0.15, 0.2) is 11.8 Å². The van der Waals surface area contributed by atoms with E-state index in [2.05, 4.69) is 23.2 Å². The highest BCUT2D eigenvalue weighted by Gasteiger charge is 2.34. The van der Waals surface area contributed by atoms with Gasteiger partial charge in [-0.3, -0.25) is 4.79 Å². The van der Waals surface area contributed by atoms with E-state index in [0.29, 0.717) is 6.42 Å². The molecule has 0 saturated carbocycles. The van der Waals surface area contributed by atoms with Crippen LogP contribution in [0.3, 0.4) is 0 Å². The molecule has 47 valence electrons. The van der Waals surface area contributed by atoms with Gasteiger partial charge in [0.05, 0.1) is 5.92 Å². The van der Waals surface area contributed by atoms with Gasteiger partial charge in [-0.25, -0.2) is 0 Å². The standard InChI is InChI=1S/C8H4NO/c10-8-5-6-3-1-2-4-7(6)9-8/h3,5H2/p+1. The minimum atomic E-state index is 0.0583. The van der Waals surface area contributed by atoms with Crippen molar-refractivity contribution in [2.45, 2.75) is 12.8 Å². The van der Waals surface area contributed by atoms with Gasteiger partial charge in [0.2, 0.25) is 11.8 Å². The summed E-state index contributed by atoms with van der Waals surface area (Å²) in [4.78, 5) is 10.8. The van der Waals surface area contributed by atoms with Crippen LogP contribution in [-0.4, -0.2) is 5.91 Å². The molecule has 2 heteroatoms. The van der Waals surface area contributed by atoms with Crippen molar-refractivity contribution in [3.8, 4) is 11.8 Å². The van der Waals surface area contributed by atoms with Crippen LogP contribution in [0.4, 0.5) is 0 Å². The fourth-order valence-electron chi connectivity index (χ4n) is 1.08. The average Bonchev–Trinajstić information content (AvgIpc) is 2.27. The second-order valence-electron chi connectivity index (χ2n) is 2.31. The quantitative estimate of drug-likeness (QED) is 0.368. The molecule has 0 aromatic heterocycles. The number of allylic oxidation sites excluding steroid dienone is 2. The molecule has 1 aliphatic heterocycles. The van der Waals surface area contributed by atoms with E-state index in [-0.39, 0.29) is 5.91 Å². The number of hydrogen-bond acceptors (Lipinski definition) is 1. The number of hydrogen-bond donors (Lipinski definition) is 1. The molecule has 1 radical (unpaired) electrons. The van der Waals surface area contributed by atoms with Crippen LogP contribution < -0.4 is 5.32 Å². The molecule has 0 bridgehead atoms. The van der Waals surface area contributed by atoms with Gasteiger partial charge in [-0.1, -0.05) is 0 Å². The first-order valence-electron chi connectivity index (χ1n) is 3.12. The second kappa shape index (κ2) is 1.83. The zero-order valence-corrected chi connectivity index (χ0v) is 5.32. The van der Waals surface area contributed by atoms with E-state index < -0.39 is 0 Å². The molecule has 1 heterocycles.